The molecule has 12 heteroatoms. The Bertz CT molecular complexity index is 9040. The Hall–Kier alpha value is -19.2. The number of hydrogen-bond donors (Lipinski definition) is 0. The van der Waals surface area contributed by atoms with Crippen LogP contribution in [0.4, 0.5) is 0 Å². The second kappa shape index (κ2) is 35.3. The van der Waals surface area contributed by atoms with E-state index in [0.717, 1.165) is 162 Å². The number of rotatable bonds is 13. The maximum Gasteiger partial charge on any atom is 0.145 e. The monoisotopic (exact) mass is 1800 g/mol. The van der Waals surface area contributed by atoms with Crippen LogP contribution in [0, 0.1) is 0 Å². The van der Waals surface area contributed by atoms with E-state index in [0.29, 0.717) is 0 Å². The standard InChI is InChI=1S/C47H30N4.2C41H26N4/c1-2-12-32(13-3-1)46-37-15-4-6-17-39(37)47(40-18-7-5-16-38(40)46)43-29-33(28-42(50-43)41-19-10-11-26-49-41)31-21-23-34(24-22-31)51-44-20-9-8-14-35(44)36-25-27-48-30-45(36)51;1-3-12-32-28(10-1)24-29-11-2-4-13-33(29)40(32)38-26-30(25-37(44-38)36-16-7-8-22-42-36)27-18-20-31(21-19-27)45-39-17-6-5-14-34(39)35-15-9-23-43-41(35)45;1-3-12-32-28(10-1)24-29-11-2-4-13-33(29)40(32)30-25-36(44-37(26-30)35-15-7-8-22-42-35)27-18-20-31(21-19-27)45-38-16-6-5-14-34(38)41-39(45)17-9-23-43-41/h1-30H;2*1-26H. The van der Waals surface area contributed by atoms with Crippen LogP contribution in [0.2, 0.25) is 0 Å². The summed E-state index contributed by atoms with van der Waals surface area (Å²) in [6, 6.07) is 160. The average Bonchev–Trinajstić information content (AvgIpc) is 1.71. The fourth-order valence-electron chi connectivity index (χ4n) is 20.9. The van der Waals surface area contributed by atoms with Crippen molar-refractivity contribution in [2.75, 3.05) is 0 Å². The Balaban J connectivity index is 0.000000109. The second-order valence-electron chi connectivity index (χ2n) is 35.5. The van der Waals surface area contributed by atoms with Crippen LogP contribution in [0.25, 0.3) is 260 Å². The fraction of sp³-hybridized carbons (Fsp3) is 0. The summed E-state index contributed by atoms with van der Waals surface area (Å²) in [5.74, 6) is 0. The van der Waals surface area contributed by atoms with Crippen molar-refractivity contribution in [1.82, 2.24) is 58.6 Å². The van der Waals surface area contributed by atoms with Crippen molar-refractivity contribution in [1.29, 1.82) is 0 Å². The largest absolute Gasteiger partial charge is 0.308 e. The quantitative estimate of drug-likeness (QED) is 0.104. The van der Waals surface area contributed by atoms with Gasteiger partial charge in [-0.05, 0) is 279 Å². The molecule has 0 fully saturated rings. The maximum atomic E-state index is 5.36. The van der Waals surface area contributed by atoms with Crippen molar-refractivity contribution in [3.63, 3.8) is 0 Å². The predicted octanol–water partition coefficient (Wildman–Crippen LogP) is 32.5. The van der Waals surface area contributed by atoms with E-state index in [1.54, 1.807) is 0 Å². The lowest BCUT2D eigenvalue weighted by atomic mass is 9.87. The maximum absolute atomic E-state index is 5.36. The Kier molecular flexibility index (Phi) is 20.6. The van der Waals surface area contributed by atoms with E-state index in [9.17, 15) is 0 Å². The number of nitrogens with zero attached hydrogens (tertiary/aromatic N) is 12. The molecule has 16 aromatic carbocycles. The van der Waals surface area contributed by atoms with Crippen LogP contribution in [-0.2, 0) is 0 Å². The third-order valence-corrected chi connectivity index (χ3v) is 27.3. The van der Waals surface area contributed by atoms with Gasteiger partial charge in [-0.3, -0.25) is 29.5 Å². The topological polar surface area (TPSA) is 131 Å². The molecule has 0 amide bonds. The summed E-state index contributed by atoms with van der Waals surface area (Å²) in [6.07, 6.45) is 13.0. The lowest BCUT2D eigenvalue weighted by Crippen LogP contribution is -1.96. The molecule has 141 heavy (non-hydrogen) atoms. The van der Waals surface area contributed by atoms with Gasteiger partial charge in [0.05, 0.1) is 90.5 Å². The number of para-hydroxylation sites is 3. The number of fused-ring (bicyclic) bond motifs is 15. The lowest BCUT2D eigenvalue weighted by Gasteiger charge is -2.18. The molecule has 0 saturated carbocycles. The van der Waals surface area contributed by atoms with Gasteiger partial charge in [-0.2, -0.15) is 0 Å². The normalized spacial score (nSPS) is 11.5. The van der Waals surface area contributed by atoms with Gasteiger partial charge in [0.15, 0.2) is 0 Å². The van der Waals surface area contributed by atoms with Gasteiger partial charge in [0, 0.05) is 97.9 Å². The molecule has 658 valence electrons. The van der Waals surface area contributed by atoms with Gasteiger partial charge in [-0.15, -0.1) is 0 Å². The van der Waals surface area contributed by atoms with Crippen LogP contribution in [-0.4, -0.2) is 58.6 Å². The van der Waals surface area contributed by atoms with E-state index in [1.807, 2.05) is 110 Å². The van der Waals surface area contributed by atoms with Crippen LogP contribution >= 0.6 is 0 Å². The molecule has 12 heterocycles. The van der Waals surface area contributed by atoms with Gasteiger partial charge >= 0.3 is 0 Å². The van der Waals surface area contributed by atoms with Gasteiger partial charge in [0.25, 0.3) is 0 Å². The summed E-state index contributed by atoms with van der Waals surface area (Å²) >= 11 is 0. The number of hydrogen-bond acceptors (Lipinski definition) is 9. The summed E-state index contributed by atoms with van der Waals surface area (Å²) in [6.45, 7) is 0. The van der Waals surface area contributed by atoms with Crippen molar-refractivity contribution in [3.05, 3.63) is 498 Å². The molecule has 28 rings (SSSR count). The molecule has 12 aromatic heterocycles. The molecule has 0 unspecified atom stereocenters. The average molecular weight is 1800 g/mol. The van der Waals surface area contributed by atoms with Gasteiger partial charge in [0.1, 0.15) is 5.65 Å². The van der Waals surface area contributed by atoms with Crippen molar-refractivity contribution < 1.29 is 0 Å². The number of aromatic nitrogens is 12. The Labute approximate surface area is 811 Å². The highest BCUT2D eigenvalue weighted by Gasteiger charge is 2.25. The Morgan fingerprint density at radius 3 is 1.00 bits per heavy atom. The summed E-state index contributed by atoms with van der Waals surface area (Å²) in [4.78, 5) is 43.8. The SMILES string of the molecule is c1ccc(-c2c3ccccc3c(-c3cc(-c4ccc(-n5c6ccccc6c6ccncc65)cc4)cc(-c4ccccn4)n3)c3ccccc23)cc1.c1ccc(-c2cc(-c3c4ccccc4cc4ccccc34)cc(-c3ccc(-n4c5ccccc5c5ncccc54)cc3)n2)nc1.c1ccc(-c2cc(-c3ccc(-n4c5ccccc5c5cccnc54)cc3)cc(-c3c4ccccc4cc4ccccc34)n2)nc1. The van der Waals surface area contributed by atoms with Gasteiger partial charge < -0.3 is 9.13 Å². The number of benzene rings is 16. The van der Waals surface area contributed by atoms with E-state index >= 15 is 0 Å². The molecule has 0 saturated heterocycles. The zero-order chi connectivity index (χ0) is 93.2. The van der Waals surface area contributed by atoms with E-state index in [-0.39, 0.29) is 0 Å². The smallest absolute Gasteiger partial charge is 0.145 e. The Morgan fingerprint density at radius 1 is 0.156 bits per heavy atom. The molecule has 0 aliphatic rings. The van der Waals surface area contributed by atoms with Crippen LogP contribution in [0.3, 0.4) is 0 Å². The molecule has 0 aliphatic heterocycles. The van der Waals surface area contributed by atoms with Crippen molar-refractivity contribution in [3.8, 4) is 130 Å². The molecule has 0 bridgehead atoms. The summed E-state index contributed by atoms with van der Waals surface area (Å²) < 4.78 is 6.83. The third-order valence-electron chi connectivity index (χ3n) is 27.3. The molecule has 0 radical (unpaired) electrons. The highest BCUT2D eigenvalue weighted by Crippen LogP contribution is 2.48. The zero-order valence-electron chi connectivity index (χ0n) is 76.2. The van der Waals surface area contributed by atoms with Crippen LogP contribution in [0.5, 0.6) is 0 Å². The minimum Gasteiger partial charge on any atom is -0.308 e. The summed E-state index contributed by atoms with van der Waals surface area (Å²) in [5.41, 5.74) is 31.1. The predicted molar refractivity (Wildman–Crippen MR) is 582 cm³/mol. The molecular formula is C129H82N12. The van der Waals surface area contributed by atoms with Gasteiger partial charge in [0.2, 0.25) is 0 Å². The zero-order valence-corrected chi connectivity index (χ0v) is 76.2. The molecule has 0 aliphatic carbocycles. The first-order valence-corrected chi connectivity index (χ1v) is 47.4. The van der Waals surface area contributed by atoms with Gasteiger partial charge in [-0.1, -0.05) is 285 Å². The first-order chi connectivity index (χ1) is 69.9. The fourth-order valence-corrected chi connectivity index (χ4v) is 20.9. The van der Waals surface area contributed by atoms with E-state index in [4.69, 9.17) is 29.9 Å². The third kappa shape index (κ3) is 14.9. The van der Waals surface area contributed by atoms with Crippen LogP contribution < -0.4 is 0 Å². The summed E-state index contributed by atoms with van der Waals surface area (Å²) in [5, 5.41) is 20.3. The lowest BCUT2D eigenvalue weighted by molar-refractivity contribution is 1.14. The molecule has 12 nitrogen and oxygen atoms in total. The molecular weight excluding hydrogens is 1720 g/mol. The molecule has 0 atom stereocenters. The van der Waals surface area contributed by atoms with Crippen LogP contribution in [0.1, 0.15) is 0 Å². The summed E-state index contributed by atoms with van der Waals surface area (Å²) in [7, 11) is 0. The first kappa shape index (κ1) is 82.5. The molecule has 28 aromatic rings. The Morgan fingerprint density at radius 2 is 0.489 bits per heavy atom. The minimum atomic E-state index is 0.834. The first-order valence-electron chi connectivity index (χ1n) is 47.4. The second-order valence-corrected chi connectivity index (χ2v) is 35.5. The van der Waals surface area contributed by atoms with E-state index in [2.05, 4.69) is 417 Å². The van der Waals surface area contributed by atoms with E-state index < -0.39 is 0 Å². The van der Waals surface area contributed by atoms with Crippen molar-refractivity contribution >= 4 is 130 Å². The minimum absolute atomic E-state index is 0.834. The van der Waals surface area contributed by atoms with Gasteiger partial charge in [-0.25, -0.2) is 19.9 Å². The van der Waals surface area contributed by atoms with E-state index in [1.165, 1.54) is 97.5 Å². The number of pyridine rings is 9. The highest BCUT2D eigenvalue weighted by molar-refractivity contribution is 6.22. The van der Waals surface area contributed by atoms with Crippen molar-refractivity contribution in [2.24, 2.45) is 0 Å². The van der Waals surface area contributed by atoms with Crippen molar-refractivity contribution in [2.45, 2.75) is 0 Å². The molecule has 0 N–H and O–H groups in total. The molecule has 0 spiro atoms. The van der Waals surface area contributed by atoms with Crippen LogP contribution in [0.15, 0.2) is 498 Å². The highest BCUT2D eigenvalue weighted by atomic mass is 15.0.